The molecule has 19 heavy (non-hydrogen) atoms. The lowest BCUT2D eigenvalue weighted by molar-refractivity contribution is 0.101. The van der Waals surface area contributed by atoms with Gasteiger partial charge >= 0.3 is 6.09 Å². The summed E-state index contributed by atoms with van der Waals surface area (Å²) in [4.78, 5) is 23.4. The summed E-state index contributed by atoms with van der Waals surface area (Å²) in [5, 5.41) is 19.8. The van der Waals surface area contributed by atoms with Crippen molar-refractivity contribution < 1.29 is 14.7 Å². The number of carboxylic acid groups (broad SMARTS) is 1. The smallest absolute Gasteiger partial charge is 0.407 e. The van der Waals surface area contributed by atoms with Crippen LogP contribution < -0.4 is 5.32 Å². The molecule has 1 saturated heterocycles. The van der Waals surface area contributed by atoms with Gasteiger partial charge in [-0.2, -0.15) is 0 Å². The quantitative estimate of drug-likeness (QED) is 0.734. The van der Waals surface area contributed by atoms with Gasteiger partial charge in [-0.05, 0) is 6.42 Å². The molecule has 8 heteroatoms. The maximum absolute atomic E-state index is 11.1. The largest absolute Gasteiger partial charge is 0.465 e. The monoisotopic (exact) mass is 267 g/mol. The molecular formula is C11H17N5O3. The number of ketones is 1. The van der Waals surface area contributed by atoms with Gasteiger partial charge in [0.25, 0.3) is 0 Å². The molecule has 0 saturated carbocycles. The fourth-order valence-corrected chi connectivity index (χ4v) is 2.05. The van der Waals surface area contributed by atoms with E-state index in [1.54, 1.807) is 10.9 Å². The van der Waals surface area contributed by atoms with Crippen LogP contribution in [0, 0.1) is 0 Å². The summed E-state index contributed by atoms with van der Waals surface area (Å²) in [6.45, 7) is 3.70. The Labute approximate surface area is 110 Å². The minimum atomic E-state index is -0.883. The molecule has 0 unspecified atom stereocenters. The van der Waals surface area contributed by atoms with E-state index in [0.717, 1.165) is 6.42 Å². The van der Waals surface area contributed by atoms with Gasteiger partial charge in [0, 0.05) is 39.1 Å². The molecule has 1 aliphatic heterocycles. The molecule has 104 valence electrons. The summed E-state index contributed by atoms with van der Waals surface area (Å²) in [5.74, 6) is -0.112. The van der Waals surface area contributed by atoms with Crippen LogP contribution in [0.1, 0.15) is 23.8 Å². The Bertz CT molecular complexity index is 473. The summed E-state index contributed by atoms with van der Waals surface area (Å²) in [6, 6.07) is 0.106. The normalized spacial score (nSPS) is 19.4. The number of aryl methyl sites for hydroxylation is 1. The Balaban J connectivity index is 1.84. The highest BCUT2D eigenvalue weighted by atomic mass is 16.4. The van der Waals surface area contributed by atoms with Gasteiger partial charge in [-0.3, -0.25) is 9.48 Å². The van der Waals surface area contributed by atoms with Gasteiger partial charge in [-0.25, -0.2) is 4.79 Å². The zero-order valence-electron chi connectivity index (χ0n) is 10.7. The summed E-state index contributed by atoms with van der Waals surface area (Å²) >= 11 is 0. The fraction of sp³-hybridized carbons (Fsp3) is 0.636. The Morgan fingerprint density at radius 1 is 1.58 bits per heavy atom. The molecule has 0 radical (unpaired) electrons. The standard InChI is InChI=1S/C11H17N5O3/c1-8(17)10-7-16(14-13-10)4-2-9-6-15(11(18)19)5-3-12-9/h7,9,12H,2-6H2,1H3,(H,18,19)/t9-/m1/s1. The second-order valence-corrected chi connectivity index (χ2v) is 4.59. The van der Waals surface area contributed by atoms with Crippen molar-refractivity contribution >= 4 is 11.9 Å². The van der Waals surface area contributed by atoms with Crippen molar-refractivity contribution in [2.24, 2.45) is 0 Å². The Morgan fingerprint density at radius 3 is 3.00 bits per heavy atom. The van der Waals surface area contributed by atoms with Crippen molar-refractivity contribution in [2.75, 3.05) is 19.6 Å². The molecule has 2 heterocycles. The Kier molecular flexibility index (Phi) is 4.10. The van der Waals surface area contributed by atoms with Crippen LogP contribution in [0.25, 0.3) is 0 Å². The number of rotatable bonds is 4. The minimum absolute atomic E-state index is 0.106. The highest BCUT2D eigenvalue weighted by Gasteiger charge is 2.22. The van der Waals surface area contributed by atoms with E-state index in [1.807, 2.05) is 0 Å². The number of hydrogen-bond donors (Lipinski definition) is 2. The summed E-state index contributed by atoms with van der Waals surface area (Å²) in [7, 11) is 0. The number of carbonyl (C=O) groups excluding carboxylic acids is 1. The molecule has 1 aromatic rings. The summed E-state index contributed by atoms with van der Waals surface area (Å²) in [5.41, 5.74) is 0.351. The lowest BCUT2D eigenvalue weighted by atomic mass is 10.1. The molecule has 0 aliphatic carbocycles. The summed E-state index contributed by atoms with van der Waals surface area (Å²) in [6.07, 6.45) is 1.47. The number of hydrogen-bond acceptors (Lipinski definition) is 5. The molecule has 1 aromatic heterocycles. The predicted octanol–water partition coefficient (Wildman–Crippen LogP) is -0.177. The van der Waals surface area contributed by atoms with E-state index in [-0.39, 0.29) is 11.8 Å². The third-order valence-electron chi connectivity index (χ3n) is 3.13. The second-order valence-electron chi connectivity index (χ2n) is 4.59. The molecule has 2 rings (SSSR count). The average Bonchev–Trinajstić information content (AvgIpc) is 2.85. The highest BCUT2D eigenvalue weighted by Crippen LogP contribution is 2.05. The first-order chi connectivity index (χ1) is 9.06. The van der Waals surface area contributed by atoms with Crippen LogP contribution in [0.4, 0.5) is 4.79 Å². The van der Waals surface area contributed by atoms with Crippen LogP contribution in [-0.2, 0) is 6.54 Å². The minimum Gasteiger partial charge on any atom is -0.465 e. The van der Waals surface area contributed by atoms with Crippen molar-refractivity contribution in [3.63, 3.8) is 0 Å². The third kappa shape index (κ3) is 3.50. The Morgan fingerprint density at radius 2 is 2.37 bits per heavy atom. The van der Waals surface area contributed by atoms with Crippen LogP contribution in [0.5, 0.6) is 0 Å². The van der Waals surface area contributed by atoms with E-state index in [0.29, 0.717) is 31.9 Å². The molecule has 1 fully saturated rings. The number of piperazine rings is 1. The lowest BCUT2D eigenvalue weighted by Gasteiger charge is -2.31. The van der Waals surface area contributed by atoms with Gasteiger partial charge < -0.3 is 15.3 Å². The number of carbonyl (C=O) groups is 2. The topological polar surface area (TPSA) is 100 Å². The van der Waals surface area contributed by atoms with E-state index >= 15 is 0 Å². The number of amides is 1. The molecule has 1 amide bonds. The number of Topliss-reactive ketones (excluding diaryl/α,β-unsaturated/α-hetero) is 1. The van der Waals surface area contributed by atoms with E-state index < -0.39 is 6.09 Å². The van der Waals surface area contributed by atoms with Crippen molar-refractivity contribution in [3.05, 3.63) is 11.9 Å². The first kappa shape index (κ1) is 13.5. The molecule has 0 bridgehead atoms. The van der Waals surface area contributed by atoms with Gasteiger partial charge in [0.1, 0.15) is 5.69 Å². The van der Waals surface area contributed by atoms with E-state index in [4.69, 9.17) is 5.11 Å². The van der Waals surface area contributed by atoms with Gasteiger partial charge in [-0.1, -0.05) is 5.21 Å². The van der Waals surface area contributed by atoms with E-state index in [2.05, 4.69) is 15.6 Å². The fourth-order valence-electron chi connectivity index (χ4n) is 2.05. The zero-order valence-corrected chi connectivity index (χ0v) is 10.7. The number of aromatic nitrogens is 3. The van der Waals surface area contributed by atoms with Crippen LogP contribution in [0.3, 0.4) is 0 Å². The van der Waals surface area contributed by atoms with Crippen molar-refractivity contribution in [3.8, 4) is 0 Å². The molecule has 2 N–H and O–H groups in total. The number of nitrogens with one attached hydrogen (secondary N) is 1. The van der Waals surface area contributed by atoms with Crippen LogP contribution in [-0.4, -0.2) is 62.6 Å². The molecule has 1 aliphatic rings. The van der Waals surface area contributed by atoms with Gasteiger partial charge in [0.2, 0.25) is 0 Å². The Hall–Kier alpha value is -1.96. The van der Waals surface area contributed by atoms with E-state index in [1.165, 1.54) is 11.8 Å². The molecule has 1 atom stereocenters. The van der Waals surface area contributed by atoms with Gasteiger partial charge in [-0.15, -0.1) is 5.10 Å². The van der Waals surface area contributed by atoms with Crippen molar-refractivity contribution in [2.45, 2.75) is 25.9 Å². The van der Waals surface area contributed by atoms with Crippen molar-refractivity contribution in [1.82, 2.24) is 25.2 Å². The van der Waals surface area contributed by atoms with Crippen molar-refractivity contribution in [1.29, 1.82) is 0 Å². The lowest BCUT2D eigenvalue weighted by Crippen LogP contribution is -2.52. The third-order valence-corrected chi connectivity index (χ3v) is 3.13. The molecule has 8 nitrogen and oxygen atoms in total. The van der Waals surface area contributed by atoms with E-state index in [9.17, 15) is 9.59 Å². The average molecular weight is 267 g/mol. The highest BCUT2D eigenvalue weighted by molar-refractivity contribution is 5.91. The molecular weight excluding hydrogens is 250 g/mol. The maximum Gasteiger partial charge on any atom is 0.407 e. The van der Waals surface area contributed by atoms with Crippen LogP contribution >= 0.6 is 0 Å². The van der Waals surface area contributed by atoms with Crippen LogP contribution in [0.15, 0.2) is 6.20 Å². The molecule has 0 spiro atoms. The molecule has 0 aromatic carbocycles. The second kappa shape index (κ2) is 5.79. The summed E-state index contributed by atoms with van der Waals surface area (Å²) < 4.78 is 1.61. The zero-order chi connectivity index (χ0) is 13.8. The predicted molar refractivity (Wildman–Crippen MR) is 66.0 cm³/mol. The van der Waals surface area contributed by atoms with Gasteiger partial charge in [0.05, 0.1) is 6.20 Å². The first-order valence-corrected chi connectivity index (χ1v) is 6.18. The van der Waals surface area contributed by atoms with Gasteiger partial charge in [0.15, 0.2) is 5.78 Å². The SMILES string of the molecule is CC(=O)c1cn(CC[C@@H]2CN(C(=O)O)CCN2)nn1. The van der Waals surface area contributed by atoms with Crippen LogP contribution in [0.2, 0.25) is 0 Å². The maximum atomic E-state index is 11.1. The number of nitrogens with zero attached hydrogens (tertiary/aromatic N) is 4. The first-order valence-electron chi connectivity index (χ1n) is 6.18.